The number of anilines is 1. The second kappa shape index (κ2) is 9.93. The van der Waals surface area contributed by atoms with Gasteiger partial charge in [0.25, 0.3) is 5.91 Å². The van der Waals surface area contributed by atoms with Gasteiger partial charge in [0.1, 0.15) is 17.2 Å². The van der Waals surface area contributed by atoms with E-state index in [2.05, 4.69) is 10.1 Å². The summed E-state index contributed by atoms with van der Waals surface area (Å²) < 4.78 is 41.2. The molecule has 0 aliphatic heterocycles. The van der Waals surface area contributed by atoms with Crippen LogP contribution < -0.4 is 19.5 Å². The first-order valence-corrected chi connectivity index (χ1v) is 9.63. The molecule has 1 amide bonds. The third kappa shape index (κ3) is 5.94. The monoisotopic (exact) mass is 427 g/mol. The number of rotatable bonds is 8. The summed E-state index contributed by atoms with van der Waals surface area (Å²) in [5, 5.41) is 2.76. The molecule has 3 aromatic carbocycles. The van der Waals surface area contributed by atoms with Crippen LogP contribution in [0.25, 0.3) is 11.1 Å². The molecule has 5 nitrogen and oxygen atoms in total. The highest BCUT2D eigenvalue weighted by atomic mass is 19.3. The van der Waals surface area contributed by atoms with E-state index in [1.165, 1.54) is 19.2 Å². The summed E-state index contributed by atoms with van der Waals surface area (Å²) in [5.41, 5.74) is 2.49. The van der Waals surface area contributed by atoms with E-state index in [-0.39, 0.29) is 11.7 Å². The molecule has 7 heteroatoms. The highest BCUT2D eigenvalue weighted by molar-refractivity contribution is 5.95. The Bertz CT molecular complexity index is 1040. The Hall–Kier alpha value is -3.61. The standard InChI is InChI=1S/C24H23F2NO4/c1-15-5-4-6-20(13-15)30-16(2)23(28)27-18-9-12-22(31-24(25)26)21(14-18)17-7-10-19(29-3)11-8-17/h4-14,16,24H,1-3H3,(H,27,28). The number of alkyl halides is 2. The minimum atomic E-state index is -2.97. The van der Waals surface area contributed by atoms with Gasteiger partial charge in [0.15, 0.2) is 6.10 Å². The van der Waals surface area contributed by atoms with Crippen LogP contribution in [-0.4, -0.2) is 25.7 Å². The summed E-state index contributed by atoms with van der Waals surface area (Å²) in [6, 6.07) is 18.7. The molecule has 1 N–H and O–H groups in total. The minimum Gasteiger partial charge on any atom is -0.497 e. The van der Waals surface area contributed by atoms with Crippen molar-refractivity contribution >= 4 is 11.6 Å². The normalized spacial score (nSPS) is 11.7. The van der Waals surface area contributed by atoms with Crippen molar-refractivity contribution in [2.24, 2.45) is 0 Å². The maximum Gasteiger partial charge on any atom is 0.387 e. The van der Waals surface area contributed by atoms with Gasteiger partial charge in [-0.3, -0.25) is 4.79 Å². The summed E-state index contributed by atoms with van der Waals surface area (Å²) in [5.74, 6) is 0.848. The van der Waals surface area contributed by atoms with Crippen molar-refractivity contribution in [1.82, 2.24) is 0 Å². The van der Waals surface area contributed by atoms with Gasteiger partial charge in [-0.1, -0.05) is 24.3 Å². The van der Waals surface area contributed by atoms with E-state index < -0.39 is 12.7 Å². The summed E-state index contributed by atoms with van der Waals surface area (Å²) in [6.45, 7) is 0.595. The lowest BCUT2D eigenvalue weighted by molar-refractivity contribution is -0.122. The lowest BCUT2D eigenvalue weighted by atomic mass is 10.0. The molecular weight excluding hydrogens is 404 g/mol. The first-order chi connectivity index (χ1) is 14.9. The number of ether oxygens (including phenoxy) is 3. The largest absolute Gasteiger partial charge is 0.497 e. The Kier molecular flexibility index (Phi) is 7.07. The molecule has 0 bridgehead atoms. The number of carbonyl (C=O) groups excluding carboxylic acids is 1. The van der Waals surface area contributed by atoms with E-state index in [1.54, 1.807) is 43.3 Å². The fraction of sp³-hybridized carbons (Fsp3) is 0.208. The Morgan fingerprint density at radius 1 is 0.935 bits per heavy atom. The van der Waals surface area contributed by atoms with Crippen molar-refractivity contribution in [3.05, 3.63) is 72.3 Å². The molecular formula is C24H23F2NO4. The van der Waals surface area contributed by atoms with Crippen LogP contribution in [0.2, 0.25) is 0 Å². The van der Waals surface area contributed by atoms with Gasteiger partial charge in [-0.2, -0.15) is 8.78 Å². The number of hydrogen-bond acceptors (Lipinski definition) is 4. The van der Waals surface area contributed by atoms with E-state index in [1.807, 2.05) is 25.1 Å². The summed E-state index contributed by atoms with van der Waals surface area (Å²) in [4.78, 5) is 12.6. The van der Waals surface area contributed by atoms with Crippen molar-refractivity contribution < 1.29 is 27.8 Å². The number of amides is 1. The predicted molar refractivity (Wildman–Crippen MR) is 115 cm³/mol. The Morgan fingerprint density at radius 2 is 1.68 bits per heavy atom. The van der Waals surface area contributed by atoms with E-state index in [9.17, 15) is 13.6 Å². The first-order valence-electron chi connectivity index (χ1n) is 9.63. The second-order valence-electron chi connectivity index (χ2n) is 6.88. The van der Waals surface area contributed by atoms with Gasteiger partial charge in [0.2, 0.25) is 0 Å². The molecule has 162 valence electrons. The zero-order valence-corrected chi connectivity index (χ0v) is 17.4. The van der Waals surface area contributed by atoms with E-state index in [0.29, 0.717) is 28.3 Å². The fourth-order valence-corrected chi connectivity index (χ4v) is 2.99. The number of aryl methyl sites for hydroxylation is 1. The van der Waals surface area contributed by atoms with Gasteiger partial charge in [-0.05, 0) is 67.4 Å². The molecule has 1 unspecified atom stereocenters. The van der Waals surface area contributed by atoms with E-state index >= 15 is 0 Å². The predicted octanol–water partition coefficient (Wildman–Crippen LogP) is 5.68. The van der Waals surface area contributed by atoms with Crippen LogP contribution in [0.5, 0.6) is 17.2 Å². The van der Waals surface area contributed by atoms with Crippen LogP contribution in [0.3, 0.4) is 0 Å². The van der Waals surface area contributed by atoms with Gasteiger partial charge in [0.05, 0.1) is 7.11 Å². The third-order valence-electron chi connectivity index (χ3n) is 4.54. The van der Waals surface area contributed by atoms with Crippen molar-refractivity contribution in [1.29, 1.82) is 0 Å². The van der Waals surface area contributed by atoms with Crippen molar-refractivity contribution in [2.45, 2.75) is 26.6 Å². The number of benzene rings is 3. The van der Waals surface area contributed by atoms with Gasteiger partial charge in [-0.15, -0.1) is 0 Å². The maximum absolute atomic E-state index is 12.9. The molecule has 0 aromatic heterocycles. The minimum absolute atomic E-state index is 0.00206. The Morgan fingerprint density at radius 3 is 2.32 bits per heavy atom. The molecule has 0 saturated heterocycles. The zero-order chi connectivity index (χ0) is 22.4. The molecule has 0 aliphatic carbocycles. The van der Waals surface area contributed by atoms with Gasteiger partial charge in [0, 0.05) is 11.3 Å². The van der Waals surface area contributed by atoms with E-state index in [0.717, 1.165) is 5.56 Å². The molecule has 1 atom stereocenters. The molecule has 0 fully saturated rings. The smallest absolute Gasteiger partial charge is 0.387 e. The van der Waals surface area contributed by atoms with Crippen LogP contribution in [0.1, 0.15) is 12.5 Å². The van der Waals surface area contributed by atoms with Crippen LogP contribution in [-0.2, 0) is 4.79 Å². The van der Waals surface area contributed by atoms with Crippen LogP contribution >= 0.6 is 0 Å². The number of halogens is 2. The van der Waals surface area contributed by atoms with Gasteiger partial charge in [-0.25, -0.2) is 0 Å². The first kappa shape index (κ1) is 22.1. The molecule has 31 heavy (non-hydrogen) atoms. The fourth-order valence-electron chi connectivity index (χ4n) is 2.99. The number of hydrogen-bond donors (Lipinski definition) is 1. The quantitative estimate of drug-likeness (QED) is 0.503. The molecule has 0 aliphatic rings. The lowest BCUT2D eigenvalue weighted by Gasteiger charge is -2.17. The maximum atomic E-state index is 12.9. The van der Waals surface area contributed by atoms with Crippen molar-refractivity contribution in [2.75, 3.05) is 12.4 Å². The van der Waals surface area contributed by atoms with Crippen LogP contribution in [0, 0.1) is 6.92 Å². The Labute approximate surface area is 179 Å². The van der Waals surface area contributed by atoms with Crippen molar-refractivity contribution in [3.63, 3.8) is 0 Å². The molecule has 0 radical (unpaired) electrons. The van der Waals surface area contributed by atoms with Crippen molar-refractivity contribution in [3.8, 4) is 28.4 Å². The summed E-state index contributed by atoms with van der Waals surface area (Å²) in [7, 11) is 1.54. The van der Waals surface area contributed by atoms with Crippen LogP contribution in [0.4, 0.5) is 14.5 Å². The Balaban J connectivity index is 1.81. The average Bonchev–Trinajstić information content (AvgIpc) is 2.74. The molecule has 0 spiro atoms. The zero-order valence-electron chi connectivity index (χ0n) is 17.4. The molecule has 3 aromatic rings. The van der Waals surface area contributed by atoms with Gasteiger partial charge >= 0.3 is 6.61 Å². The molecule has 0 saturated carbocycles. The number of nitrogens with one attached hydrogen (secondary N) is 1. The summed E-state index contributed by atoms with van der Waals surface area (Å²) >= 11 is 0. The highest BCUT2D eigenvalue weighted by Crippen LogP contribution is 2.34. The lowest BCUT2D eigenvalue weighted by Crippen LogP contribution is -2.30. The van der Waals surface area contributed by atoms with E-state index in [4.69, 9.17) is 9.47 Å². The SMILES string of the molecule is COc1ccc(-c2cc(NC(=O)C(C)Oc3cccc(C)c3)ccc2OC(F)F)cc1. The molecule has 3 rings (SSSR count). The van der Waals surface area contributed by atoms with Crippen LogP contribution in [0.15, 0.2) is 66.7 Å². The third-order valence-corrected chi connectivity index (χ3v) is 4.54. The summed E-state index contributed by atoms with van der Waals surface area (Å²) in [6.07, 6.45) is -0.761. The number of carbonyl (C=O) groups is 1. The molecule has 0 heterocycles. The topological polar surface area (TPSA) is 56.8 Å². The van der Waals surface area contributed by atoms with Gasteiger partial charge < -0.3 is 19.5 Å². The average molecular weight is 427 g/mol. The number of methoxy groups -OCH3 is 1. The second-order valence-corrected chi connectivity index (χ2v) is 6.88. The highest BCUT2D eigenvalue weighted by Gasteiger charge is 2.17.